The van der Waals surface area contributed by atoms with Crippen molar-refractivity contribution in [3.05, 3.63) is 200 Å². The fourth-order valence-electron chi connectivity index (χ4n) is 8.14. The third-order valence-corrected chi connectivity index (χ3v) is 10.8. The van der Waals surface area contributed by atoms with Gasteiger partial charge in [0.2, 0.25) is 0 Å². The fourth-order valence-corrected chi connectivity index (χ4v) is 8.14. The Labute approximate surface area is 317 Å². The Balaban J connectivity index is 1.18. The molecule has 0 N–H and O–H groups in total. The van der Waals surface area contributed by atoms with Crippen LogP contribution in [0.25, 0.3) is 88.0 Å². The summed E-state index contributed by atoms with van der Waals surface area (Å²) in [6.07, 6.45) is 0. The predicted octanol–water partition coefficient (Wildman–Crippen LogP) is 15.1. The van der Waals surface area contributed by atoms with E-state index < -0.39 is 0 Å². The molecular formula is C52H33NO2. The third kappa shape index (κ3) is 5.28. The molecule has 0 aliphatic rings. The largest absolute Gasteiger partial charge is 0.456 e. The van der Waals surface area contributed by atoms with Crippen LogP contribution in [0, 0.1) is 0 Å². The Morgan fingerprint density at radius 1 is 0.309 bits per heavy atom. The highest BCUT2D eigenvalue weighted by atomic mass is 16.3. The zero-order valence-electron chi connectivity index (χ0n) is 29.8. The van der Waals surface area contributed by atoms with Gasteiger partial charge in [-0.25, -0.2) is 0 Å². The Bertz CT molecular complexity index is 3190. The van der Waals surface area contributed by atoms with Crippen molar-refractivity contribution in [1.82, 2.24) is 0 Å². The zero-order valence-corrected chi connectivity index (χ0v) is 29.8. The van der Waals surface area contributed by atoms with E-state index in [-0.39, 0.29) is 0 Å². The predicted molar refractivity (Wildman–Crippen MR) is 229 cm³/mol. The van der Waals surface area contributed by atoms with Crippen LogP contribution in [0.15, 0.2) is 209 Å². The van der Waals surface area contributed by atoms with Gasteiger partial charge in [0, 0.05) is 38.5 Å². The molecule has 0 aliphatic carbocycles. The number of furan rings is 2. The maximum atomic E-state index is 7.10. The van der Waals surface area contributed by atoms with Crippen molar-refractivity contribution >= 4 is 71.7 Å². The highest BCUT2D eigenvalue weighted by Crippen LogP contribution is 2.47. The Morgan fingerprint density at radius 3 is 1.80 bits per heavy atom. The van der Waals surface area contributed by atoms with Crippen LogP contribution in [0.1, 0.15) is 0 Å². The highest BCUT2D eigenvalue weighted by molar-refractivity contribution is 6.15. The van der Waals surface area contributed by atoms with E-state index >= 15 is 0 Å². The van der Waals surface area contributed by atoms with E-state index in [1.807, 2.05) is 12.1 Å². The molecule has 258 valence electrons. The van der Waals surface area contributed by atoms with Crippen LogP contribution >= 0.6 is 0 Å². The van der Waals surface area contributed by atoms with Crippen molar-refractivity contribution in [2.75, 3.05) is 4.90 Å². The van der Waals surface area contributed by atoms with Crippen LogP contribution in [0.2, 0.25) is 0 Å². The summed E-state index contributed by atoms with van der Waals surface area (Å²) in [6, 6.07) is 71.0. The number of rotatable bonds is 6. The van der Waals surface area contributed by atoms with Crippen LogP contribution in [0.3, 0.4) is 0 Å². The summed E-state index contributed by atoms with van der Waals surface area (Å²) in [7, 11) is 0. The molecule has 0 atom stereocenters. The third-order valence-electron chi connectivity index (χ3n) is 10.8. The van der Waals surface area contributed by atoms with Gasteiger partial charge in [-0.15, -0.1) is 0 Å². The van der Waals surface area contributed by atoms with Crippen LogP contribution in [-0.2, 0) is 0 Å². The van der Waals surface area contributed by atoms with Crippen molar-refractivity contribution in [3.63, 3.8) is 0 Å². The topological polar surface area (TPSA) is 29.5 Å². The van der Waals surface area contributed by atoms with Crippen molar-refractivity contribution in [3.8, 4) is 33.4 Å². The number of anilines is 3. The van der Waals surface area contributed by atoms with E-state index in [0.717, 1.165) is 88.8 Å². The molecule has 3 nitrogen and oxygen atoms in total. The summed E-state index contributed by atoms with van der Waals surface area (Å²) in [5.74, 6) is 0. The summed E-state index contributed by atoms with van der Waals surface area (Å²) in [6.45, 7) is 0. The van der Waals surface area contributed by atoms with Crippen LogP contribution in [0.4, 0.5) is 17.1 Å². The van der Waals surface area contributed by atoms with E-state index in [9.17, 15) is 0 Å². The lowest BCUT2D eigenvalue weighted by molar-refractivity contribution is 0.669. The molecule has 0 saturated heterocycles. The first-order valence-electron chi connectivity index (χ1n) is 18.7. The number of benzene rings is 9. The molecule has 11 aromatic rings. The average molecular weight is 704 g/mol. The lowest BCUT2D eigenvalue weighted by atomic mass is 9.98. The monoisotopic (exact) mass is 703 g/mol. The quantitative estimate of drug-likeness (QED) is 0.173. The first kappa shape index (κ1) is 31.2. The van der Waals surface area contributed by atoms with E-state index in [2.05, 4.69) is 193 Å². The van der Waals surface area contributed by atoms with Crippen molar-refractivity contribution in [2.45, 2.75) is 0 Å². The first-order valence-corrected chi connectivity index (χ1v) is 18.7. The zero-order chi connectivity index (χ0) is 36.3. The van der Waals surface area contributed by atoms with Gasteiger partial charge in [-0.05, 0) is 93.2 Å². The minimum Gasteiger partial charge on any atom is -0.456 e. The molecule has 0 fully saturated rings. The van der Waals surface area contributed by atoms with Gasteiger partial charge in [0.15, 0.2) is 5.58 Å². The molecule has 2 heterocycles. The molecule has 0 bridgehead atoms. The Morgan fingerprint density at radius 2 is 0.964 bits per heavy atom. The van der Waals surface area contributed by atoms with Gasteiger partial charge >= 0.3 is 0 Å². The minimum atomic E-state index is 0.828. The Kier molecular flexibility index (Phi) is 7.17. The van der Waals surface area contributed by atoms with Gasteiger partial charge in [0.1, 0.15) is 16.7 Å². The van der Waals surface area contributed by atoms with Gasteiger partial charge < -0.3 is 13.7 Å². The summed E-state index contributed by atoms with van der Waals surface area (Å²) >= 11 is 0. The van der Waals surface area contributed by atoms with Crippen molar-refractivity contribution < 1.29 is 8.83 Å². The Hall–Kier alpha value is -7.36. The standard InChI is InChI=1S/C52H33NO2/c1-3-12-34(13-4-1)40-31-47-45-20-11-19-43(37-15-5-2-6-16-37)51(45)55-52(47)48(32-40)53(42-28-29-50-46(33-42)44-18-9-10-21-49(44)54-50)41-26-24-36(25-27-41)39-23-22-35-14-7-8-17-38(35)30-39/h1-33H. The van der Waals surface area contributed by atoms with Crippen LogP contribution in [0.5, 0.6) is 0 Å². The minimum absolute atomic E-state index is 0.828. The summed E-state index contributed by atoms with van der Waals surface area (Å²) in [5.41, 5.74) is 13.2. The SMILES string of the molecule is c1ccc(-c2cc(N(c3ccc(-c4ccc5ccccc5c4)cc3)c3ccc4oc5ccccc5c4c3)c3oc4c(-c5ccccc5)cccc4c3c2)cc1. The second-order valence-corrected chi connectivity index (χ2v) is 14.1. The van der Waals surface area contributed by atoms with E-state index in [1.54, 1.807) is 0 Å². The second-order valence-electron chi connectivity index (χ2n) is 14.1. The molecule has 2 aromatic heterocycles. The highest BCUT2D eigenvalue weighted by Gasteiger charge is 2.23. The normalized spacial score (nSPS) is 11.6. The van der Waals surface area contributed by atoms with E-state index in [0.29, 0.717) is 0 Å². The van der Waals surface area contributed by atoms with E-state index in [4.69, 9.17) is 8.83 Å². The molecule has 9 aromatic carbocycles. The molecule has 0 saturated carbocycles. The van der Waals surface area contributed by atoms with Crippen LogP contribution in [-0.4, -0.2) is 0 Å². The molecular weight excluding hydrogens is 671 g/mol. The number of nitrogens with zero attached hydrogens (tertiary/aromatic N) is 1. The lowest BCUT2D eigenvalue weighted by Gasteiger charge is -2.26. The molecule has 0 spiro atoms. The van der Waals surface area contributed by atoms with Gasteiger partial charge in [0.25, 0.3) is 0 Å². The fraction of sp³-hybridized carbons (Fsp3) is 0. The van der Waals surface area contributed by atoms with Gasteiger partial charge in [0.05, 0.1) is 5.69 Å². The number of hydrogen-bond acceptors (Lipinski definition) is 3. The van der Waals surface area contributed by atoms with Gasteiger partial charge in [-0.2, -0.15) is 0 Å². The molecule has 0 amide bonds. The van der Waals surface area contributed by atoms with Crippen molar-refractivity contribution in [2.24, 2.45) is 0 Å². The molecule has 0 unspecified atom stereocenters. The number of hydrogen-bond donors (Lipinski definition) is 0. The molecule has 0 radical (unpaired) electrons. The molecule has 55 heavy (non-hydrogen) atoms. The van der Waals surface area contributed by atoms with Gasteiger partial charge in [-0.3, -0.25) is 0 Å². The maximum absolute atomic E-state index is 7.10. The number of para-hydroxylation sites is 2. The van der Waals surface area contributed by atoms with E-state index in [1.165, 1.54) is 16.3 Å². The average Bonchev–Trinajstić information content (AvgIpc) is 3.83. The summed E-state index contributed by atoms with van der Waals surface area (Å²) in [4.78, 5) is 2.34. The first-order chi connectivity index (χ1) is 27.2. The lowest BCUT2D eigenvalue weighted by Crippen LogP contribution is -2.10. The van der Waals surface area contributed by atoms with Gasteiger partial charge in [-0.1, -0.05) is 146 Å². The smallest absolute Gasteiger partial charge is 0.159 e. The molecule has 0 aliphatic heterocycles. The van der Waals surface area contributed by atoms with Crippen LogP contribution < -0.4 is 4.90 Å². The molecule has 3 heteroatoms. The molecule has 11 rings (SSSR count). The second kappa shape index (κ2) is 12.6. The number of fused-ring (bicyclic) bond motifs is 7. The summed E-state index contributed by atoms with van der Waals surface area (Å²) < 4.78 is 13.4. The van der Waals surface area contributed by atoms with Crippen molar-refractivity contribution in [1.29, 1.82) is 0 Å². The maximum Gasteiger partial charge on any atom is 0.159 e. The summed E-state index contributed by atoms with van der Waals surface area (Å²) in [5, 5.41) is 6.77.